The fourth-order valence-corrected chi connectivity index (χ4v) is 7.81. The van der Waals surface area contributed by atoms with Crippen molar-refractivity contribution in [1.82, 2.24) is 19.1 Å². The molecule has 0 radical (unpaired) electrons. The Morgan fingerprint density at radius 1 is 0.429 bits per heavy atom. The topological polar surface area (TPSA) is 44.9 Å². The highest BCUT2D eigenvalue weighted by Crippen LogP contribution is 2.46. The number of para-hydroxylation sites is 5. The number of fused-ring (bicyclic) bond motifs is 8. The Bertz CT molecular complexity index is 2750. The number of benzene rings is 7. The Hall–Kier alpha value is -6.72. The molecule has 10 aromatic rings. The van der Waals surface area contributed by atoms with Crippen molar-refractivity contribution in [1.29, 1.82) is 0 Å². The maximum absolute atomic E-state index is 6.31. The number of nitrogens with zero attached hydrogens (tertiary/aromatic N) is 4. The zero-order chi connectivity index (χ0) is 32.1. The van der Waals surface area contributed by atoms with Gasteiger partial charge < -0.3 is 13.9 Å². The molecule has 11 rings (SSSR count). The van der Waals surface area contributed by atoms with Gasteiger partial charge >= 0.3 is 0 Å². The first-order valence-corrected chi connectivity index (χ1v) is 16.5. The summed E-state index contributed by atoms with van der Waals surface area (Å²) in [5, 5.41) is 5.82. The molecule has 7 aromatic carbocycles. The van der Waals surface area contributed by atoms with Gasteiger partial charge in [0.05, 0.1) is 38.7 Å². The molecule has 5 nitrogen and oxygen atoms in total. The highest BCUT2D eigenvalue weighted by Gasteiger charge is 2.24. The van der Waals surface area contributed by atoms with Crippen molar-refractivity contribution in [2.45, 2.75) is 0 Å². The van der Waals surface area contributed by atoms with Crippen LogP contribution in [0.2, 0.25) is 0 Å². The van der Waals surface area contributed by atoms with Crippen molar-refractivity contribution < 1.29 is 4.74 Å². The van der Waals surface area contributed by atoms with Crippen LogP contribution in [0.5, 0.6) is 11.5 Å². The van der Waals surface area contributed by atoms with E-state index in [-0.39, 0.29) is 0 Å². The largest absolute Gasteiger partial charge is 0.456 e. The standard InChI is InChI=1S/C44H26N4O/c1-6-18-36-30(12-1)31-13-2-7-19-37(31)47(36)28-24-27(25-29(26-28)48-38-20-8-3-14-32(38)33-15-4-9-21-39(33)48)44-45-35-17-11-23-41-42(35)43(46-44)34-16-5-10-22-40(34)49-41/h1-26H. The van der Waals surface area contributed by atoms with Crippen LogP contribution >= 0.6 is 0 Å². The van der Waals surface area contributed by atoms with Gasteiger partial charge in [-0.3, -0.25) is 0 Å². The molecule has 4 heterocycles. The third kappa shape index (κ3) is 3.75. The summed E-state index contributed by atoms with van der Waals surface area (Å²) >= 11 is 0. The minimum atomic E-state index is 0.668. The summed E-state index contributed by atoms with van der Waals surface area (Å²) < 4.78 is 11.1. The second-order valence-electron chi connectivity index (χ2n) is 12.6. The molecule has 0 fully saturated rings. The molecule has 0 atom stereocenters. The summed E-state index contributed by atoms with van der Waals surface area (Å²) in [7, 11) is 0. The quantitative estimate of drug-likeness (QED) is 0.196. The molecule has 0 saturated carbocycles. The van der Waals surface area contributed by atoms with E-state index in [2.05, 4.69) is 137 Å². The van der Waals surface area contributed by atoms with Crippen LogP contribution in [-0.2, 0) is 0 Å². The molecule has 1 aliphatic heterocycles. The van der Waals surface area contributed by atoms with E-state index >= 15 is 0 Å². The first-order valence-electron chi connectivity index (χ1n) is 16.5. The highest BCUT2D eigenvalue weighted by molar-refractivity contribution is 6.11. The van der Waals surface area contributed by atoms with E-state index in [9.17, 15) is 0 Å². The number of ether oxygens (including phenoxy) is 1. The van der Waals surface area contributed by atoms with Gasteiger partial charge in [-0.1, -0.05) is 91.0 Å². The molecule has 1 aliphatic rings. The Morgan fingerprint density at radius 2 is 0.918 bits per heavy atom. The fourth-order valence-electron chi connectivity index (χ4n) is 7.81. The van der Waals surface area contributed by atoms with E-state index in [4.69, 9.17) is 14.7 Å². The molecule has 0 spiro atoms. The van der Waals surface area contributed by atoms with Crippen LogP contribution in [0.3, 0.4) is 0 Å². The monoisotopic (exact) mass is 626 g/mol. The zero-order valence-electron chi connectivity index (χ0n) is 26.2. The van der Waals surface area contributed by atoms with Crippen molar-refractivity contribution in [3.63, 3.8) is 0 Å². The van der Waals surface area contributed by atoms with Crippen molar-refractivity contribution in [3.8, 4) is 45.5 Å². The minimum absolute atomic E-state index is 0.668. The molecule has 0 N–H and O–H groups in total. The van der Waals surface area contributed by atoms with Gasteiger partial charge in [-0.2, -0.15) is 0 Å². The molecule has 3 aromatic heterocycles. The zero-order valence-corrected chi connectivity index (χ0v) is 26.2. The fraction of sp³-hybridized carbons (Fsp3) is 0. The predicted molar refractivity (Wildman–Crippen MR) is 199 cm³/mol. The van der Waals surface area contributed by atoms with Crippen molar-refractivity contribution >= 4 is 54.5 Å². The van der Waals surface area contributed by atoms with E-state index in [1.807, 2.05) is 30.3 Å². The van der Waals surface area contributed by atoms with E-state index in [0.29, 0.717) is 5.82 Å². The lowest BCUT2D eigenvalue weighted by Gasteiger charge is -2.21. The molecule has 0 amide bonds. The number of hydrogen-bond donors (Lipinski definition) is 0. The predicted octanol–water partition coefficient (Wildman–Crippen LogP) is 11.3. The molecular weight excluding hydrogens is 601 g/mol. The summed E-state index contributed by atoms with van der Waals surface area (Å²) in [6.45, 7) is 0. The van der Waals surface area contributed by atoms with Gasteiger partial charge in [0.1, 0.15) is 11.5 Å². The Balaban J connectivity index is 1.26. The van der Waals surface area contributed by atoms with Gasteiger partial charge in [-0.25, -0.2) is 9.97 Å². The molecule has 0 aliphatic carbocycles. The van der Waals surface area contributed by atoms with E-state index in [1.54, 1.807) is 0 Å². The molecule has 0 bridgehead atoms. The van der Waals surface area contributed by atoms with Crippen LogP contribution in [0.15, 0.2) is 158 Å². The summed E-state index contributed by atoms with van der Waals surface area (Å²) in [5.74, 6) is 2.25. The second kappa shape index (κ2) is 9.89. The van der Waals surface area contributed by atoms with Crippen LogP contribution in [0.4, 0.5) is 0 Å². The summed E-state index contributed by atoms with van der Waals surface area (Å²) in [5.41, 5.74) is 10.3. The Kier molecular flexibility index (Phi) is 5.32. The number of rotatable bonds is 3. The molecular formula is C44H26N4O. The molecule has 0 saturated heterocycles. The molecule has 5 heteroatoms. The molecule has 49 heavy (non-hydrogen) atoms. The average molecular weight is 627 g/mol. The van der Waals surface area contributed by atoms with Crippen molar-refractivity contribution in [3.05, 3.63) is 158 Å². The van der Waals surface area contributed by atoms with E-state index in [0.717, 1.165) is 72.7 Å². The maximum Gasteiger partial charge on any atom is 0.160 e. The Morgan fingerprint density at radius 3 is 1.49 bits per heavy atom. The second-order valence-corrected chi connectivity index (χ2v) is 12.6. The molecule has 228 valence electrons. The number of hydrogen-bond acceptors (Lipinski definition) is 3. The van der Waals surface area contributed by atoms with Crippen LogP contribution < -0.4 is 4.74 Å². The van der Waals surface area contributed by atoms with Gasteiger partial charge in [0, 0.05) is 44.0 Å². The first kappa shape index (κ1) is 26.4. The number of aromatic nitrogens is 4. The molecule has 0 unspecified atom stereocenters. The van der Waals surface area contributed by atoms with Crippen molar-refractivity contribution in [2.75, 3.05) is 0 Å². The average Bonchev–Trinajstić information content (AvgIpc) is 3.68. The van der Waals surface area contributed by atoms with E-state index < -0.39 is 0 Å². The first-order chi connectivity index (χ1) is 24.3. The summed E-state index contributed by atoms with van der Waals surface area (Å²) in [6, 6.07) is 55.5. The van der Waals surface area contributed by atoms with Gasteiger partial charge in [0.15, 0.2) is 5.82 Å². The maximum atomic E-state index is 6.31. The Labute approximate surface area is 280 Å². The SMILES string of the molecule is c1ccc2c(c1)Oc1cccc3nc(-c4cc(-n5c6ccccc6c6ccccc65)cc(-n5c6ccccc6c6ccccc65)c4)nc-2c13. The van der Waals surface area contributed by atoms with Gasteiger partial charge in [0.25, 0.3) is 0 Å². The van der Waals surface area contributed by atoms with Crippen molar-refractivity contribution in [2.24, 2.45) is 0 Å². The van der Waals surface area contributed by atoms with Crippen LogP contribution in [-0.4, -0.2) is 19.1 Å². The lowest BCUT2D eigenvalue weighted by Crippen LogP contribution is -2.04. The van der Waals surface area contributed by atoms with Gasteiger partial charge in [-0.15, -0.1) is 0 Å². The summed E-state index contributed by atoms with van der Waals surface area (Å²) in [4.78, 5) is 10.5. The lowest BCUT2D eigenvalue weighted by molar-refractivity contribution is 0.486. The summed E-state index contributed by atoms with van der Waals surface area (Å²) in [6.07, 6.45) is 0. The van der Waals surface area contributed by atoms with Crippen LogP contribution in [0.25, 0.3) is 88.5 Å². The third-order valence-electron chi connectivity index (χ3n) is 9.88. The van der Waals surface area contributed by atoms with E-state index in [1.165, 1.54) is 21.5 Å². The third-order valence-corrected chi connectivity index (χ3v) is 9.88. The minimum Gasteiger partial charge on any atom is -0.456 e. The normalized spacial score (nSPS) is 12.2. The van der Waals surface area contributed by atoms with Crippen LogP contribution in [0, 0.1) is 0 Å². The highest BCUT2D eigenvalue weighted by atomic mass is 16.5. The lowest BCUT2D eigenvalue weighted by atomic mass is 10.0. The van der Waals surface area contributed by atoms with Gasteiger partial charge in [0.2, 0.25) is 0 Å². The smallest absolute Gasteiger partial charge is 0.160 e. The van der Waals surface area contributed by atoms with Gasteiger partial charge in [-0.05, 0) is 66.7 Å². The van der Waals surface area contributed by atoms with Crippen LogP contribution in [0.1, 0.15) is 0 Å².